The first-order valence-corrected chi connectivity index (χ1v) is 6.53. The van der Waals surface area contributed by atoms with E-state index in [9.17, 15) is 8.78 Å². The van der Waals surface area contributed by atoms with Crippen molar-refractivity contribution < 1.29 is 13.5 Å². The highest BCUT2D eigenvalue weighted by molar-refractivity contribution is 5.43. The number of hydrogen-bond acceptors (Lipinski definition) is 2. The van der Waals surface area contributed by atoms with E-state index in [1.165, 1.54) is 12.1 Å². The smallest absolute Gasteiger partial charge is 0.273 e. The first-order chi connectivity index (χ1) is 9.51. The maximum atomic E-state index is 13.9. The maximum absolute atomic E-state index is 13.9. The van der Waals surface area contributed by atoms with Crippen molar-refractivity contribution >= 4 is 5.69 Å². The van der Waals surface area contributed by atoms with Crippen LogP contribution in [0.3, 0.4) is 0 Å². The highest BCUT2D eigenvalue weighted by atomic mass is 19.3. The van der Waals surface area contributed by atoms with E-state index in [-0.39, 0.29) is 12.0 Å². The Morgan fingerprint density at radius 2 is 1.75 bits per heavy atom. The molecule has 2 aromatic rings. The number of halogens is 2. The van der Waals surface area contributed by atoms with Crippen molar-refractivity contribution in [2.24, 2.45) is 0 Å². The van der Waals surface area contributed by atoms with Crippen molar-refractivity contribution in [1.29, 1.82) is 0 Å². The minimum atomic E-state index is -2.82. The van der Waals surface area contributed by atoms with E-state index in [2.05, 4.69) is 0 Å². The fourth-order valence-corrected chi connectivity index (χ4v) is 1.92. The van der Waals surface area contributed by atoms with Gasteiger partial charge in [0.15, 0.2) is 0 Å². The molecule has 0 saturated heterocycles. The van der Waals surface area contributed by atoms with Gasteiger partial charge in [0.05, 0.1) is 0 Å². The fraction of sp³-hybridized carbons (Fsp3) is 0.250. The number of benzene rings is 2. The molecule has 0 spiro atoms. The summed E-state index contributed by atoms with van der Waals surface area (Å²) < 4.78 is 33.3. The second-order valence-corrected chi connectivity index (χ2v) is 4.65. The summed E-state index contributed by atoms with van der Waals surface area (Å²) in [6, 6.07) is 12.8. The highest BCUT2D eigenvalue weighted by Gasteiger charge is 2.30. The second-order valence-electron chi connectivity index (χ2n) is 4.65. The summed E-state index contributed by atoms with van der Waals surface area (Å²) in [5.41, 5.74) is 6.18. The molecule has 0 saturated carbocycles. The van der Waals surface area contributed by atoms with Crippen LogP contribution in [0.1, 0.15) is 25.3 Å². The van der Waals surface area contributed by atoms with Gasteiger partial charge in [-0.2, -0.15) is 0 Å². The zero-order chi connectivity index (χ0) is 14.6. The molecule has 0 aliphatic rings. The van der Waals surface area contributed by atoms with Crippen LogP contribution in [0.2, 0.25) is 0 Å². The van der Waals surface area contributed by atoms with E-state index in [1.807, 2.05) is 0 Å². The monoisotopic (exact) mass is 277 g/mol. The van der Waals surface area contributed by atoms with E-state index < -0.39 is 5.92 Å². The average Bonchev–Trinajstić information content (AvgIpc) is 2.42. The summed E-state index contributed by atoms with van der Waals surface area (Å²) in [7, 11) is 0. The van der Waals surface area contributed by atoms with Gasteiger partial charge in [-0.1, -0.05) is 25.5 Å². The molecule has 0 atom stereocenters. The molecular weight excluding hydrogens is 260 g/mol. The Morgan fingerprint density at radius 3 is 2.40 bits per heavy atom. The third-order valence-electron chi connectivity index (χ3n) is 2.94. The molecule has 0 bridgehead atoms. The Balaban J connectivity index is 2.19. The highest BCUT2D eigenvalue weighted by Crippen LogP contribution is 2.35. The van der Waals surface area contributed by atoms with Gasteiger partial charge >= 0.3 is 0 Å². The molecule has 2 rings (SSSR count). The van der Waals surface area contributed by atoms with Crippen LogP contribution in [-0.2, 0) is 5.92 Å². The molecule has 2 aromatic carbocycles. The number of ether oxygens (including phenoxy) is 1. The number of anilines is 1. The lowest BCUT2D eigenvalue weighted by Gasteiger charge is -2.16. The van der Waals surface area contributed by atoms with Gasteiger partial charge in [-0.05, 0) is 36.4 Å². The number of alkyl halides is 2. The molecule has 0 radical (unpaired) electrons. The number of nitrogens with two attached hydrogens (primary N) is 1. The van der Waals surface area contributed by atoms with Gasteiger partial charge in [-0.25, -0.2) is 8.78 Å². The van der Waals surface area contributed by atoms with Crippen LogP contribution in [0.4, 0.5) is 14.5 Å². The number of rotatable bonds is 5. The predicted octanol–water partition coefficient (Wildman–Crippen LogP) is 4.95. The van der Waals surface area contributed by atoms with Gasteiger partial charge in [0.25, 0.3) is 5.92 Å². The molecule has 4 heteroatoms. The van der Waals surface area contributed by atoms with Gasteiger partial charge in [0.2, 0.25) is 0 Å². The van der Waals surface area contributed by atoms with Crippen LogP contribution in [0, 0.1) is 0 Å². The molecule has 2 nitrogen and oxygen atoms in total. The Kier molecular flexibility index (Phi) is 4.23. The van der Waals surface area contributed by atoms with Crippen LogP contribution < -0.4 is 10.5 Å². The lowest BCUT2D eigenvalue weighted by molar-refractivity contribution is -0.0141. The number of nitrogen functional groups attached to an aromatic ring is 1. The van der Waals surface area contributed by atoms with E-state index >= 15 is 0 Å². The zero-order valence-electron chi connectivity index (χ0n) is 11.3. The molecule has 20 heavy (non-hydrogen) atoms. The minimum Gasteiger partial charge on any atom is -0.457 e. The van der Waals surface area contributed by atoms with Crippen molar-refractivity contribution in [3.05, 3.63) is 54.1 Å². The predicted molar refractivity (Wildman–Crippen MR) is 76.2 cm³/mol. The third kappa shape index (κ3) is 3.47. The van der Waals surface area contributed by atoms with Crippen molar-refractivity contribution in [1.82, 2.24) is 0 Å². The molecule has 0 heterocycles. The summed E-state index contributed by atoms with van der Waals surface area (Å²) in [4.78, 5) is 0. The Bertz CT molecular complexity index is 567. The van der Waals surface area contributed by atoms with Gasteiger partial charge in [-0.3, -0.25) is 0 Å². The molecule has 0 aliphatic carbocycles. The van der Waals surface area contributed by atoms with Crippen LogP contribution in [0.25, 0.3) is 0 Å². The maximum Gasteiger partial charge on any atom is 0.273 e. The molecule has 106 valence electrons. The largest absolute Gasteiger partial charge is 0.457 e. The van der Waals surface area contributed by atoms with Gasteiger partial charge in [-0.15, -0.1) is 0 Å². The first-order valence-electron chi connectivity index (χ1n) is 6.53. The summed E-state index contributed by atoms with van der Waals surface area (Å²) in [6.45, 7) is 1.74. The van der Waals surface area contributed by atoms with E-state index in [0.717, 1.165) is 0 Å². The Labute approximate surface area is 117 Å². The molecule has 0 fully saturated rings. The molecule has 0 aliphatic heterocycles. The van der Waals surface area contributed by atoms with Crippen molar-refractivity contribution in [3.63, 3.8) is 0 Å². The van der Waals surface area contributed by atoms with Crippen molar-refractivity contribution in [3.8, 4) is 11.5 Å². The van der Waals surface area contributed by atoms with Crippen LogP contribution in [0.15, 0.2) is 48.5 Å². The zero-order valence-corrected chi connectivity index (χ0v) is 11.3. The van der Waals surface area contributed by atoms with E-state index in [0.29, 0.717) is 23.6 Å². The Hall–Kier alpha value is -2.10. The summed E-state index contributed by atoms with van der Waals surface area (Å²) in [5, 5.41) is 0. The van der Waals surface area contributed by atoms with Crippen LogP contribution in [0.5, 0.6) is 11.5 Å². The lowest BCUT2D eigenvalue weighted by atomic mass is 10.0. The molecule has 0 unspecified atom stereocenters. The molecular formula is C16H17F2NO. The van der Waals surface area contributed by atoms with Gasteiger partial charge in [0, 0.05) is 17.7 Å². The summed E-state index contributed by atoms with van der Waals surface area (Å²) in [6.07, 6.45) is 0.258. The summed E-state index contributed by atoms with van der Waals surface area (Å²) >= 11 is 0. The molecule has 0 amide bonds. The number of hydrogen-bond donors (Lipinski definition) is 1. The fourth-order valence-electron chi connectivity index (χ4n) is 1.92. The van der Waals surface area contributed by atoms with Crippen LogP contribution >= 0.6 is 0 Å². The van der Waals surface area contributed by atoms with Gasteiger partial charge in [0.1, 0.15) is 11.5 Å². The summed E-state index contributed by atoms with van der Waals surface area (Å²) in [5.74, 6) is -1.87. The third-order valence-corrected chi connectivity index (χ3v) is 2.94. The second kappa shape index (κ2) is 5.90. The average molecular weight is 277 g/mol. The Morgan fingerprint density at radius 1 is 1.05 bits per heavy atom. The molecule has 2 N–H and O–H groups in total. The standard InChI is InChI=1S/C16H17F2NO/c1-2-10-16(17,18)12-4-3-5-15(11-12)20-14-8-6-13(19)7-9-14/h3-9,11H,2,10,19H2,1H3. The first kappa shape index (κ1) is 14.3. The topological polar surface area (TPSA) is 35.2 Å². The van der Waals surface area contributed by atoms with E-state index in [4.69, 9.17) is 10.5 Å². The van der Waals surface area contributed by atoms with E-state index in [1.54, 1.807) is 43.3 Å². The van der Waals surface area contributed by atoms with Crippen molar-refractivity contribution in [2.75, 3.05) is 5.73 Å². The quantitative estimate of drug-likeness (QED) is 0.784. The van der Waals surface area contributed by atoms with Crippen molar-refractivity contribution in [2.45, 2.75) is 25.7 Å². The van der Waals surface area contributed by atoms with Crippen LogP contribution in [-0.4, -0.2) is 0 Å². The lowest BCUT2D eigenvalue weighted by Crippen LogP contribution is -2.12. The minimum absolute atomic E-state index is 0.0210. The SMILES string of the molecule is CCCC(F)(F)c1cccc(Oc2ccc(N)cc2)c1. The van der Waals surface area contributed by atoms with Gasteiger partial charge < -0.3 is 10.5 Å². The molecule has 0 aromatic heterocycles. The normalized spacial score (nSPS) is 11.3.